The van der Waals surface area contributed by atoms with E-state index in [-0.39, 0.29) is 17.8 Å². The van der Waals surface area contributed by atoms with Gasteiger partial charge in [0, 0.05) is 0 Å². The molecule has 3 rings (SSSR count). The maximum atomic E-state index is 12.6. The van der Waals surface area contributed by atoms with Crippen molar-refractivity contribution in [2.24, 2.45) is 5.73 Å². The summed E-state index contributed by atoms with van der Waals surface area (Å²) in [6.45, 7) is -0.272. The van der Waals surface area contributed by atoms with Gasteiger partial charge in [0.25, 0.3) is 17.1 Å². The molecule has 1 aliphatic heterocycles. The number of para-hydroxylation sites is 1. The van der Waals surface area contributed by atoms with E-state index in [1.165, 1.54) is 7.11 Å². The summed E-state index contributed by atoms with van der Waals surface area (Å²) in [6, 6.07) is 13.7. The van der Waals surface area contributed by atoms with Gasteiger partial charge in [-0.1, -0.05) is 24.3 Å². The van der Waals surface area contributed by atoms with E-state index in [1.807, 2.05) is 6.07 Å². The van der Waals surface area contributed by atoms with Crippen LogP contribution in [0.5, 0.6) is 11.5 Å². The van der Waals surface area contributed by atoms with Crippen molar-refractivity contribution in [2.45, 2.75) is 0 Å². The summed E-state index contributed by atoms with van der Waals surface area (Å²) in [5.74, 6) is -0.252. The van der Waals surface area contributed by atoms with Crippen molar-refractivity contribution >= 4 is 40.6 Å². The molecule has 2 N–H and O–H groups in total. The molecule has 0 unspecified atom stereocenters. The molecule has 8 heteroatoms. The van der Waals surface area contributed by atoms with Gasteiger partial charge >= 0.3 is 0 Å². The largest absolute Gasteiger partial charge is 0.493 e. The van der Waals surface area contributed by atoms with Gasteiger partial charge < -0.3 is 15.2 Å². The van der Waals surface area contributed by atoms with Gasteiger partial charge in [-0.2, -0.15) is 0 Å². The minimum absolute atomic E-state index is 0.272. The van der Waals surface area contributed by atoms with Crippen molar-refractivity contribution in [3.05, 3.63) is 59.0 Å². The lowest BCUT2D eigenvalue weighted by molar-refractivity contribution is -0.120. The summed E-state index contributed by atoms with van der Waals surface area (Å²) < 4.78 is 10.5. The zero-order valence-corrected chi connectivity index (χ0v) is 15.2. The number of hydrogen-bond donors (Lipinski definition) is 1. The number of methoxy groups -OCH3 is 1. The second kappa shape index (κ2) is 7.96. The Morgan fingerprint density at radius 1 is 1.15 bits per heavy atom. The molecule has 0 saturated carbocycles. The summed E-state index contributed by atoms with van der Waals surface area (Å²) >= 11 is 0.869. The van der Waals surface area contributed by atoms with Crippen LogP contribution in [-0.2, 0) is 9.59 Å². The van der Waals surface area contributed by atoms with Crippen LogP contribution in [0.2, 0.25) is 0 Å². The zero-order chi connectivity index (χ0) is 19.4. The van der Waals surface area contributed by atoms with E-state index < -0.39 is 5.91 Å². The molecule has 1 fully saturated rings. The van der Waals surface area contributed by atoms with E-state index in [1.54, 1.807) is 48.5 Å². The molecule has 0 aliphatic carbocycles. The van der Waals surface area contributed by atoms with Gasteiger partial charge in [-0.15, -0.1) is 0 Å². The highest BCUT2D eigenvalue weighted by atomic mass is 32.2. The van der Waals surface area contributed by atoms with Gasteiger partial charge in [-0.25, -0.2) is 4.90 Å². The maximum absolute atomic E-state index is 12.6. The summed E-state index contributed by atoms with van der Waals surface area (Å²) in [6.07, 6.45) is 1.61. The van der Waals surface area contributed by atoms with E-state index >= 15 is 0 Å². The molecule has 0 bridgehead atoms. The fourth-order valence-electron chi connectivity index (χ4n) is 2.46. The van der Waals surface area contributed by atoms with Crippen molar-refractivity contribution < 1.29 is 23.9 Å². The number of anilines is 1. The van der Waals surface area contributed by atoms with Gasteiger partial charge in [-0.3, -0.25) is 14.4 Å². The Bertz CT molecular complexity index is 927. The van der Waals surface area contributed by atoms with Gasteiger partial charge in [0.05, 0.1) is 17.7 Å². The lowest BCUT2D eigenvalue weighted by atomic mass is 10.2. The minimum Gasteiger partial charge on any atom is -0.493 e. The molecule has 2 aromatic rings. The fourth-order valence-corrected chi connectivity index (χ4v) is 3.30. The first kappa shape index (κ1) is 18.5. The number of nitrogens with two attached hydrogens (primary N) is 1. The predicted octanol–water partition coefficient (Wildman–Crippen LogP) is 2.80. The second-order valence-corrected chi connectivity index (χ2v) is 6.51. The number of rotatable bonds is 6. The topological polar surface area (TPSA) is 98.9 Å². The summed E-state index contributed by atoms with van der Waals surface area (Å²) in [5, 5.41) is -0.356. The number of primary amides is 1. The van der Waals surface area contributed by atoms with Crippen molar-refractivity contribution in [3.63, 3.8) is 0 Å². The minimum atomic E-state index is -0.601. The number of benzene rings is 2. The number of imide groups is 1. The van der Waals surface area contributed by atoms with Crippen LogP contribution in [0.4, 0.5) is 10.5 Å². The van der Waals surface area contributed by atoms with E-state index in [4.69, 9.17) is 15.2 Å². The van der Waals surface area contributed by atoms with Crippen LogP contribution in [0.1, 0.15) is 5.56 Å². The van der Waals surface area contributed by atoms with Crippen molar-refractivity contribution in [2.75, 3.05) is 18.6 Å². The van der Waals surface area contributed by atoms with Gasteiger partial charge in [-0.05, 0) is 47.7 Å². The molecule has 7 nitrogen and oxygen atoms in total. The van der Waals surface area contributed by atoms with Crippen LogP contribution in [0.3, 0.4) is 0 Å². The van der Waals surface area contributed by atoms with Crippen molar-refractivity contribution in [1.82, 2.24) is 0 Å². The van der Waals surface area contributed by atoms with E-state index in [2.05, 4.69) is 0 Å². The first-order chi connectivity index (χ1) is 13.0. The van der Waals surface area contributed by atoms with Crippen molar-refractivity contribution in [1.29, 1.82) is 0 Å². The Hall–Kier alpha value is -3.26. The number of amides is 3. The van der Waals surface area contributed by atoms with Gasteiger partial charge in [0.2, 0.25) is 0 Å². The lowest BCUT2D eigenvalue weighted by Crippen LogP contribution is -2.27. The first-order valence-corrected chi connectivity index (χ1v) is 8.73. The van der Waals surface area contributed by atoms with Crippen LogP contribution in [0.15, 0.2) is 53.4 Å². The zero-order valence-electron chi connectivity index (χ0n) is 14.4. The lowest BCUT2D eigenvalue weighted by Gasteiger charge is -2.12. The van der Waals surface area contributed by atoms with Crippen LogP contribution in [0, 0.1) is 0 Å². The van der Waals surface area contributed by atoms with Crippen LogP contribution in [-0.4, -0.2) is 30.8 Å². The summed E-state index contributed by atoms with van der Waals surface area (Å²) in [5.41, 5.74) is 6.24. The molecule has 0 atom stereocenters. The van der Waals surface area contributed by atoms with Crippen molar-refractivity contribution in [3.8, 4) is 11.5 Å². The SMILES string of the molecule is COc1cc(/C=C2/SC(=O)N(c3ccccc3)C2=O)ccc1OCC(N)=O. The van der Waals surface area contributed by atoms with Crippen LogP contribution >= 0.6 is 11.8 Å². The molecule has 1 heterocycles. The number of thioether (sulfide) groups is 1. The fraction of sp³-hybridized carbons (Fsp3) is 0.105. The molecular formula is C19H16N2O5S. The smallest absolute Gasteiger partial charge is 0.298 e. The molecular weight excluding hydrogens is 368 g/mol. The highest BCUT2D eigenvalue weighted by molar-refractivity contribution is 8.19. The van der Waals surface area contributed by atoms with E-state index in [0.29, 0.717) is 27.7 Å². The highest BCUT2D eigenvalue weighted by Gasteiger charge is 2.36. The number of hydrogen-bond acceptors (Lipinski definition) is 6. The molecule has 0 radical (unpaired) electrons. The molecule has 138 valence electrons. The molecule has 1 saturated heterocycles. The Morgan fingerprint density at radius 2 is 1.89 bits per heavy atom. The average Bonchev–Trinajstić information content (AvgIpc) is 2.94. The molecule has 2 aromatic carbocycles. The maximum Gasteiger partial charge on any atom is 0.298 e. The number of nitrogens with zero attached hydrogens (tertiary/aromatic N) is 1. The predicted molar refractivity (Wildman–Crippen MR) is 103 cm³/mol. The third-order valence-corrected chi connectivity index (χ3v) is 4.53. The molecule has 27 heavy (non-hydrogen) atoms. The Kier molecular flexibility index (Phi) is 5.46. The second-order valence-electron chi connectivity index (χ2n) is 5.52. The standard InChI is InChI=1S/C19H16N2O5S/c1-25-15-9-12(7-8-14(15)26-11-17(20)22)10-16-18(23)21(19(24)27-16)13-5-3-2-4-6-13/h2-10H,11H2,1H3,(H2,20,22)/b16-10+. The summed E-state index contributed by atoms with van der Waals surface area (Å²) in [7, 11) is 1.46. The molecule has 3 amide bonds. The Morgan fingerprint density at radius 3 is 2.56 bits per heavy atom. The number of carbonyl (C=O) groups is 3. The van der Waals surface area contributed by atoms with E-state index in [0.717, 1.165) is 16.7 Å². The van der Waals surface area contributed by atoms with Gasteiger partial charge in [0.1, 0.15) is 0 Å². The average molecular weight is 384 g/mol. The summed E-state index contributed by atoms with van der Waals surface area (Å²) in [4.78, 5) is 37.2. The first-order valence-electron chi connectivity index (χ1n) is 7.91. The van der Waals surface area contributed by atoms with Crippen LogP contribution < -0.4 is 20.1 Å². The van der Waals surface area contributed by atoms with Crippen LogP contribution in [0.25, 0.3) is 6.08 Å². The molecule has 1 aliphatic rings. The number of ether oxygens (including phenoxy) is 2. The molecule has 0 aromatic heterocycles. The third-order valence-electron chi connectivity index (χ3n) is 3.66. The van der Waals surface area contributed by atoms with Gasteiger partial charge in [0.15, 0.2) is 18.1 Å². The monoisotopic (exact) mass is 384 g/mol. The Balaban J connectivity index is 1.85. The highest BCUT2D eigenvalue weighted by Crippen LogP contribution is 2.36. The third kappa shape index (κ3) is 4.12. The number of carbonyl (C=O) groups excluding carboxylic acids is 3. The quantitative estimate of drug-likeness (QED) is 0.769. The van der Waals surface area contributed by atoms with E-state index in [9.17, 15) is 14.4 Å². The Labute approximate surface area is 159 Å². The normalized spacial score (nSPS) is 15.3. The molecule has 0 spiro atoms.